The van der Waals surface area contributed by atoms with Crippen molar-refractivity contribution < 1.29 is 33.0 Å². The molecule has 71 heavy (non-hydrogen) atoms. The lowest BCUT2D eigenvalue weighted by atomic mass is 9.90. The van der Waals surface area contributed by atoms with Crippen molar-refractivity contribution >= 4 is 40.5 Å². The van der Waals surface area contributed by atoms with E-state index in [9.17, 15) is 14.4 Å². The number of nitrogens with one attached hydrogen (secondary N) is 2. The Morgan fingerprint density at radius 3 is 2.44 bits per heavy atom. The number of amides is 2. The fourth-order valence-electron chi connectivity index (χ4n) is 10.9. The van der Waals surface area contributed by atoms with Gasteiger partial charge in [0, 0.05) is 106 Å². The summed E-state index contributed by atoms with van der Waals surface area (Å²) in [6.07, 6.45) is 15.0. The molecule has 5 aromatic heterocycles. The molecule has 4 saturated heterocycles. The number of benzene rings is 1. The zero-order chi connectivity index (χ0) is 48.6. The Balaban J connectivity index is 0.746. The van der Waals surface area contributed by atoms with Crippen LogP contribution in [0, 0.1) is 17.3 Å². The summed E-state index contributed by atoms with van der Waals surface area (Å²) < 4.78 is 35.5. The summed E-state index contributed by atoms with van der Waals surface area (Å²) in [4.78, 5) is 60.6. The maximum Gasteiger partial charge on any atom is 0.374 e. The predicted octanol–water partition coefficient (Wildman–Crippen LogP) is 4.45. The van der Waals surface area contributed by atoms with Crippen LogP contribution in [-0.4, -0.2) is 146 Å². The highest BCUT2D eigenvalue weighted by molar-refractivity contribution is 6.01. The molecule has 4 aliphatic heterocycles. The minimum atomic E-state index is -0.860. The van der Waals surface area contributed by atoms with Gasteiger partial charge in [0.15, 0.2) is 5.69 Å². The molecule has 2 N–H and O–H groups in total. The van der Waals surface area contributed by atoms with Crippen LogP contribution in [0.5, 0.6) is 5.75 Å². The van der Waals surface area contributed by atoms with Crippen molar-refractivity contribution in [3.8, 4) is 34.5 Å². The molecular weight excluding hydrogens is 912 g/mol. The molecule has 2 bridgehead atoms. The third-order valence-electron chi connectivity index (χ3n) is 14.6. The topological polar surface area (TPSA) is 213 Å². The minimum Gasteiger partial charge on any atom is -0.495 e. The van der Waals surface area contributed by atoms with Crippen molar-refractivity contribution in [2.75, 3.05) is 74.7 Å². The number of rotatable bonds is 12. The smallest absolute Gasteiger partial charge is 0.374 e. The lowest BCUT2D eigenvalue weighted by Crippen LogP contribution is -2.64. The first kappa shape index (κ1) is 45.9. The van der Waals surface area contributed by atoms with E-state index in [0.29, 0.717) is 72.8 Å². The molecule has 1 aliphatic carbocycles. The van der Waals surface area contributed by atoms with E-state index in [1.165, 1.54) is 19.4 Å². The Labute approximate surface area is 408 Å². The molecule has 1 aromatic carbocycles. The second kappa shape index (κ2) is 19.7. The predicted molar refractivity (Wildman–Crippen MR) is 257 cm³/mol. The average Bonchev–Trinajstić information content (AvgIpc) is 4.07. The molecule has 2 amide bonds. The number of pyridine rings is 2. The van der Waals surface area contributed by atoms with E-state index in [1.54, 1.807) is 35.2 Å². The molecular formula is C50H53FN14O6. The molecule has 6 aromatic rings. The number of piperidine rings is 1. The average molecular weight is 965 g/mol. The van der Waals surface area contributed by atoms with Gasteiger partial charge in [0.1, 0.15) is 23.4 Å². The monoisotopic (exact) mass is 964 g/mol. The van der Waals surface area contributed by atoms with Gasteiger partial charge in [-0.3, -0.25) is 34.4 Å². The highest BCUT2D eigenvalue weighted by Gasteiger charge is 2.39. The van der Waals surface area contributed by atoms with E-state index < -0.39 is 23.7 Å². The van der Waals surface area contributed by atoms with Crippen LogP contribution in [0.4, 0.5) is 21.6 Å². The van der Waals surface area contributed by atoms with Gasteiger partial charge in [-0.15, -0.1) is 5.26 Å². The number of anilines is 3. The lowest BCUT2D eigenvalue weighted by molar-refractivity contribution is -0.133. The van der Waals surface area contributed by atoms with Crippen molar-refractivity contribution in [3.05, 3.63) is 96.7 Å². The number of hydrogen-bond acceptors (Lipinski definition) is 17. The first-order chi connectivity index (χ1) is 34.7. The number of carbonyl (C=O) groups is 3. The molecule has 11 rings (SSSR count). The number of piperazine rings is 2. The molecule has 366 valence electrons. The summed E-state index contributed by atoms with van der Waals surface area (Å²) >= 11 is 0. The summed E-state index contributed by atoms with van der Waals surface area (Å²) in [5, 5.41) is 23.8. The highest BCUT2D eigenvalue weighted by Crippen LogP contribution is 2.37. The normalized spacial score (nSPS) is 23.0. The summed E-state index contributed by atoms with van der Waals surface area (Å²) in [6.45, 7) is 6.44. The van der Waals surface area contributed by atoms with Gasteiger partial charge >= 0.3 is 5.97 Å². The second-order valence-electron chi connectivity index (χ2n) is 18.8. The number of imide groups is 1. The Morgan fingerprint density at radius 1 is 0.915 bits per heavy atom. The van der Waals surface area contributed by atoms with Gasteiger partial charge in [-0.1, -0.05) is 6.07 Å². The summed E-state index contributed by atoms with van der Waals surface area (Å²) in [5.74, 6) is -0.735. The van der Waals surface area contributed by atoms with Crippen LogP contribution in [0.25, 0.3) is 28.0 Å². The number of fused-ring (bicyclic) bond motifs is 3. The van der Waals surface area contributed by atoms with E-state index in [2.05, 4.69) is 46.2 Å². The molecule has 21 heteroatoms. The number of nitrogens with zero attached hydrogens (tertiary/aromatic N) is 12. The molecule has 20 nitrogen and oxygen atoms in total. The van der Waals surface area contributed by atoms with E-state index in [0.717, 1.165) is 81.0 Å². The maximum absolute atomic E-state index is 15.7. The zero-order valence-electron chi connectivity index (χ0n) is 39.2. The van der Waals surface area contributed by atoms with Crippen LogP contribution in [0.1, 0.15) is 60.7 Å². The fourth-order valence-corrected chi connectivity index (χ4v) is 10.9. The number of methoxy groups -OCH3 is 1. The number of carbonyl (C=O) groups excluding carboxylic acids is 3. The SMILES string of the molecule is COc1cc(N2CCN(C3CCC(n4cc(-c5cn6nc(C(=O)OC#N)cc6c(-c6ccc(N7CC8COCC(C7)N8Cc7ccccn7)nc6)n5)cn4)CC3)CC2)c(F)cc1NC1CCC(=O)NC1=O. The third kappa shape index (κ3) is 9.45. The largest absolute Gasteiger partial charge is 0.495 e. The van der Waals surface area contributed by atoms with E-state index in [4.69, 9.17) is 29.8 Å². The number of esters is 1. The molecule has 0 spiro atoms. The summed E-state index contributed by atoms with van der Waals surface area (Å²) in [7, 11) is 1.51. The number of ether oxygens (including phenoxy) is 3. The summed E-state index contributed by atoms with van der Waals surface area (Å²) in [6, 6.07) is 14.9. The Kier molecular flexibility index (Phi) is 12.7. The van der Waals surface area contributed by atoms with E-state index in [-0.39, 0.29) is 36.1 Å². The van der Waals surface area contributed by atoms with Crippen molar-refractivity contribution in [1.82, 2.24) is 49.5 Å². The van der Waals surface area contributed by atoms with Gasteiger partial charge in [0.25, 0.3) is 6.26 Å². The van der Waals surface area contributed by atoms with Crippen molar-refractivity contribution in [1.29, 1.82) is 5.26 Å². The first-order valence-electron chi connectivity index (χ1n) is 24.1. The molecule has 1 saturated carbocycles. The van der Waals surface area contributed by atoms with Crippen molar-refractivity contribution in [2.24, 2.45) is 0 Å². The van der Waals surface area contributed by atoms with Gasteiger partial charge < -0.3 is 29.3 Å². The number of morpholine rings is 1. The number of nitriles is 1. The van der Waals surface area contributed by atoms with Crippen LogP contribution < -0.4 is 25.2 Å². The Bertz CT molecular complexity index is 2970. The van der Waals surface area contributed by atoms with Crippen molar-refractivity contribution in [3.63, 3.8) is 0 Å². The summed E-state index contributed by atoms with van der Waals surface area (Å²) in [5.41, 5.74) is 5.07. The molecule has 5 fully saturated rings. The Morgan fingerprint density at radius 2 is 1.72 bits per heavy atom. The van der Waals surface area contributed by atoms with Crippen LogP contribution >= 0.6 is 0 Å². The highest BCUT2D eigenvalue weighted by atomic mass is 19.1. The molecule has 9 heterocycles. The van der Waals surface area contributed by atoms with E-state index >= 15 is 4.39 Å². The first-order valence-corrected chi connectivity index (χ1v) is 24.1. The number of halogens is 1. The second-order valence-corrected chi connectivity index (χ2v) is 18.8. The maximum atomic E-state index is 15.7. The zero-order valence-corrected chi connectivity index (χ0v) is 39.2. The molecule has 3 atom stereocenters. The van der Waals surface area contributed by atoms with Crippen LogP contribution in [0.15, 0.2) is 79.5 Å². The lowest BCUT2D eigenvalue weighted by Gasteiger charge is -2.50. The van der Waals surface area contributed by atoms with Crippen LogP contribution in [0.3, 0.4) is 0 Å². The van der Waals surface area contributed by atoms with Crippen molar-refractivity contribution in [2.45, 2.75) is 75.3 Å². The van der Waals surface area contributed by atoms with E-state index in [1.807, 2.05) is 46.2 Å². The molecule has 5 aliphatic rings. The van der Waals surface area contributed by atoms with Gasteiger partial charge in [-0.2, -0.15) is 10.2 Å². The van der Waals surface area contributed by atoms with Gasteiger partial charge in [-0.05, 0) is 56.4 Å². The third-order valence-corrected chi connectivity index (χ3v) is 14.6. The van der Waals surface area contributed by atoms with Gasteiger partial charge in [-0.25, -0.2) is 23.7 Å². The number of hydrogen-bond donors (Lipinski definition) is 2. The molecule has 0 radical (unpaired) electrons. The van der Waals surface area contributed by atoms with Crippen LogP contribution in [0.2, 0.25) is 0 Å². The van der Waals surface area contributed by atoms with Gasteiger partial charge in [0.05, 0.1) is 84.8 Å². The standard InChI is InChI=1S/C50H53FN14O6/c1-69-45-20-43(38(51)18-40(45)56-39-10-12-47(66)58-49(39)67)61-16-14-60(15-17-61)34-6-8-35(9-7-34)64-23-32(22-55-64)42-27-65-44(19-41(59-65)50(68)71-30-52)48(57-42)31-5-11-46(54-21-31)62-25-36-28-70-29-37(26-62)63(36)24-33-4-2-3-13-53-33/h2-5,11,13,18-23,27,34-37,39,56H,6-10,12,14-17,24-26,28-29H2,1H3,(H,58,66,67). The fraction of sp³-hybridized carbons (Fsp3) is 0.420. The Hall–Kier alpha value is -7.54. The minimum absolute atomic E-state index is 0.0230. The number of aromatic nitrogens is 7. The quantitative estimate of drug-likeness (QED) is 0.0985. The molecule has 3 unspecified atom stereocenters. The van der Waals surface area contributed by atoms with Gasteiger partial charge in [0.2, 0.25) is 11.8 Å². The van der Waals surface area contributed by atoms with Crippen LogP contribution in [-0.2, 0) is 25.6 Å².